The Balaban J connectivity index is 0.00000625. The second-order valence-electron chi connectivity index (χ2n) is 6.51. The zero-order valence-corrected chi connectivity index (χ0v) is 19.0. The van der Waals surface area contributed by atoms with E-state index in [1.54, 1.807) is 0 Å². The quantitative estimate of drug-likeness (QED) is 0.258. The summed E-state index contributed by atoms with van der Waals surface area (Å²) in [6.07, 6.45) is 3.06. The molecule has 0 aliphatic heterocycles. The molecule has 1 aromatic carbocycles. The Hall–Kier alpha value is -1.02. The highest BCUT2D eigenvalue weighted by atomic mass is 127. The monoisotopic (exact) mass is 477 g/mol. The van der Waals surface area contributed by atoms with E-state index >= 15 is 0 Å². The number of halogens is 1. The predicted octanol–water partition coefficient (Wildman–Crippen LogP) is 3.73. The van der Waals surface area contributed by atoms with Crippen molar-refractivity contribution in [1.29, 1.82) is 0 Å². The summed E-state index contributed by atoms with van der Waals surface area (Å²) >= 11 is 0. The summed E-state index contributed by atoms with van der Waals surface area (Å²) in [6, 6.07) is 8.09. The molecule has 0 amide bonds. The largest absolute Gasteiger partial charge is 0.489 e. The molecule has 0 aliphatic rings. The third-order valence-electron chi connectivity index (χ3n) is 4.00. The number of ether oxygens (including phenoxy) is 1. The van der Waals surface area contributed by atoms with E-state index in [-0.39, 0.29) is 36.7 Å². The number of guanidine groups is 1. The van der Waals surface area contributed by atoms with Crippen molar-refractivity contribution in [2.75, 3.05) is 26.2 Å². The first-order valence-corrected chi connectivity index (χ1v) is 9.45. The average Bonchev–Trinajstić information content (AvgIpc) is 2.59. The maximum Gasteiger partial charge on any atom is 0.191 e. The van der Waals surface area contributed by atoms with Gasteiger partial charge in [0, 0.05) is 19.7 Å². The lowest BCUT2D eigenvalue weighted by Gasteiger charge is -2.19. The molecule has 6 heteroatoms. The molecule has 3 N–H and O–H groups in total. The van der Waals surface area contributed by atoms with Crippen molar-refractivity contribution in [3.05, 3.63) is 29.8 Å². The highest BCUT2D eigenvalue weighted by Gasteiger charge is 2.09. The van der Waals surface area contributed by atoms with Crippen molar-refractivity contribution < 1.29 is 9.84 Å². The fraction of sp³-hybridized carbons (Fsp3) is 0.650. The van der Waals surface area contributed by atoms with Crippen LogP contribution in [0, 0.1) is 12.8 Å². The lowest BCUT2D eigenvalue weighted by molar-refractivity contribution is 0.223. The number of aliphatic hydroxyl groups is 1. The van der Waals surface area contributed by atoms with Gasteiger partial charge < -0.3 is 20.5 Å². The SMILES string of the molecule is CCCC(CCO)CN=C(NCC)NCC(C)Oc1ccc(C)cc1.I. The normalized spacial score (nSPS) is 13.5. The first kappa shape index (κ1) is 25.0. The zero-order chi connectivity index (χ0) is 18.5. The van der Waals surface area contributed by atoms with E-state index < -0.39 is 0 Å². The van der Waals surface area contributed by atoms with E-state index in [1.165, 1.54) is 5.56 Å². The maximum absolute atomic E-state index is 9.17. The number of aliphatic imine (C=N–C) groups is 1. The van der Waals surface area contributed by atoms with Gasteiger partial charge in [-0.25, -0.2) is 0 Å². The number of aryl methyl sites for hydroxylation is 1. The minimum absolute atomic E-state index is 0. The molecule has 0 saturated heterocycles. The third kappa shape index (κ3) is 10.9. The van der Waals surface area contributed by atoms with Crippen LogP contribution in [0.2, 0.25) is 0 Å². The molecule has 1 rings (SSSR count). The van der Waals surface area contributed by atoms with E-state index in [0.29, 0.717) is 12.5 Å². The summed E-state index contributed by atoms with van der Waals surface area (Å²) in [4.78, 5) is 4.67. The number of nitrogens with one attached hydrogen (secondary N) is 2. The molecule has 0 spiro atoms. The van der Waals surface area contributed by atoms with Crippen LogP contribution in [0.25, 0.3) is 0 Å². The average molecular weight is 477 g/mol. The molecule has 5 nitrogen and oxygen atoms in total. The highest BCUT2D eigenvalue weighted by molar-refractivity contribution is 14.0. The van der Waals surface area contributed by atoms with Crippen LogP contribution >= 0.6 is 24.0 Å². The molecule has 0 aromatic heterocycles. The minimum Gasteiger partial charge on any atom is -0.489 e. The summed E-state index contributed by atoms with van der Waals surface area (Å²) in [5.41, 5.74) is 1.23. The first-order valence-electron chi connectivity index (χ1n) is 9.45. The molecule has 26 heavy (non-hydrogen) atoms. The van der Waals surface area contributed by atoms with E-state index in [1.807, 2.05) is 19.1 Å². The molecular formula is C20H36IN3O2. The van der Waals surface area contributed by atoms with Gasteiger partial charge in [0.15, 0.2) is 5.96 Å². The maximum atomic E-state index is 9.17. The Morgan fingerprint density at radius 2 is 1.85 bits per heavy atom. The Bertz CT molecular complexity index is 488. The van der Waals surface area contributed by atoms with Gasteiger partial charge in [0.05, 0.1) is 6.54 Å². The zero-order valence-electron chi connectivity index (χ0n) is 16.6. The summed E-state index contributed by atoms with van der Waals surface area (Å²) in [6.45, 7) is 10.8. The Kier molecular flexibility index (Phi) is 14.5. The van der Waals surface area contributed by atoms with Gasteiger partial charge in [-0.2, -0.15) is 0 Å². The topological polar surface area (TPSA) is 65.9 Å². The molecule has 0 fully saturated rings. The van der Waals surface area contributed by atoms with Gasteiger partial charge in [-0.05, 0) is 51.7 Å². The fourth-order valence-electron chi connectivity index (χ4n) is 2.61. The molecule has 0 bridgehead atoms. The van der Waals surface area contributed by atoms with Gasteiger partial charge in [0.2, 0.25) is 0 Å². The predicted molar refractivity (Wildman–Crippen MR) is 121 cm³/mol. The molecule has 0 radical (unpaired) electrons. The smallest absolute Gasteiger partial charge is 0.191 e. The third-order valence-corrected chi connectivity index (χ3v) is 4.00. The second-order valence-corrected chi connectivity index (χ2v) is 6.51. The van der Waals surface area contributed by atoms with Crippen LogP contribution in [0.1, 0.15) is 45.6 Å². The Morgan fingerprint density at radius 3 is 2.42 bits per heavy atom. The van der Waals surface area contributed by atoms with E-state index in [9.17, 15) is 0 Å². The van der Waals surface area contributed by atoms with Crippen LogP contribution in [-0.4, -0.2) is 43.4 Å². The molecular weight excluding hydrogens is 441 g/mol. The molecule has 0 saturated carbocycles. The van der Waals surface area contributed by atoms with Crippen molar-refractivity contribution >= 4 is 29.9 Å². The number of hydrogen-bond donors (Lipinski definition) is 3. The van der Waals surface area contributed by atoms with E-state index in [0.717, 1.165) is 44.1 Å². The first-order chi connectivity index (χ1) is 12.1. The number of nitrogens with zero attached hydrogens (tertiary/aromatic N) is 1. The standard InChI is InChI=1S/C20H35N3O2.HI/c1-5-7-18(12-13-24)15-23-20(21-6-2)22-14-17(4)25-19-10-8-16(3)9-11-19;/h8-11,17-18,24H,5-7,12-15H2,1-4H3,(H2,21,22,23);1H. The number of hydrogen-bond acceptors (Lipinski definition) is 3. The van der Waals surface area contributed by atoms with Gasteiger partial charge in [-0.1, -0.05) is 31.0 Å². The summed E-state index contributed by atoms with van der Waals surface area (Å²) in [5.74, 6) is 2.13. The fourth-order valence-corrected chi connectivity index (χ4v) is 2.61. The number of rotatable bonds is 11. The molecule has 2 atom stereocenters. The van der Waals surface area contributed by atoms with Gasteiger partial charge in [-0.15, -0.1) is 24.0 Å². The Morgan fingerprint density at radius 1 is 1.15 bits per heavy atom. The van der Waals surface area contributed by atoms with Crippen molar-refractivity contribution in [1.82, 2.24) is 10.6 Å². The van der Waals surface area contributed by atoms with Gasteiger partial charge in [0.1, 0.15) is 11.9 Å². The lowest BCUT2D eigenvalue weighted by Crippen LogP contribution is -2.42. The van der Waals surface area contributed by atoms with Crippen LogP contribution in [0.5, 0.6) is 5.75 Å². The van der Waals surface area contributed by atoms with E-state index in [4.69, 9.17) is 9.84 Å². The van der Waals surface area contributed by atoms with Crippen molar-refractivity contribution in [3.8, 4) is 5.75 Å². The lowest BCUT2D eigenvalue weighted by atomic mass is 10.0. The van der Waals surface area contributed by atoms with Crippen molar-refractivity contribution in [3.63, 3.8) is 0 Å². The van der Waals surface area contributed by atoms with Crippen LogP contribution in [0.4, 0.5) is 0 Å². The molecule has 0 aliphatic carbocycles. The number of benzene rings is 1. The summed E-state index contributed by atoms with van der Waals surface area (Å²) in [5, 5.41) is 15.8. The summed E-state index contributed by atoms with van der Waals surface area (Å²) in [7, 11) is 0. The second kappa shape index (κ2) is 15.1. The van der Waals surface area contributed by atoms with Gasteiger partial charge >= 0.3 is 0 Å². The van der Waals surface area contributed by atoms with Crippen molar-refractivity contribution in [2.45, 2.75) is 53.1 Å². The van der Waals surface area contributed by atoms with Crippen LogP contribution in [0.15, 0.2) is 29.3 Å². The molecule has 0 heterocycles. The molecule has 1 aromatic rings. The van der Waals surface area contributed by atoms with Gasteiger partial charge in [0.25, 0.3) is 0 Å². The molecule has 2 unspecified atom stereocenters. The van der Waals surface area contributed by atoms with Gasteiger partial charge in [-0.3, -0.25) is 4.99 Å². The van der Waals surface area contributed by atoms with Crippen LogP contribution < -0.4 is 15.4 Å². The minimum atomic E-state index is 0. The molecule has 150 valence electrons. The Labute approximate surface area is 176 Å². The van der Waals surface area contributed by atoms with Crippen LogP contribution in [0.3, 0.4) is 0 Å². The number of aliphatic hydroxyl groups excluding tert-OH is 1. The van der Waals surface area contributed by atoms with E-state index in [2.05, 4.69) is 48.5 Å². The highest BCUT2D eigenvalue weighted by Crippen LogP contribution is 2.13. The van der Waals surface area contributed by atoms with Crippen LogP contribution in [-0.2, 0) is 0 Å². The summed E-state index contributed by atoms with van der Waals surface area (Å²) < 4.78 is 5.92. The van der Waals surface area contributed by atoms with Crippen molar-refractivity contribution in [2.24, 2.45) is 10.9 Å².